The van der Waals surface area contributed by atoms with Gasteiger partial charge in [-0.3, -0.25) is 10.1 Å². The van der Waals surface area contributed by atoms with Crippen molar-refractivity contribution in [3.8, 4) is 11.3 Å². The summed E-state index contributed by atoms with van der Waals surface area (Å²) in [6.45, 7) is 4.12. The fourth-order valence-corrected chi connectivity index (χ4v) is 2.83. The van der Waals surface area contributed by atoms with E-state index in [1.54, 1.807) is 12.1 Å². The van der Waals surface area contributed by atoms with Crippen LogP contribution in [0.3, 0.4) is 0 Å². The molecule has 21 heavy (non-hydrogen) atoms. The predicted molar refractivity (Wildman–Crippen MR) is 83.7 cm³/mol. The summed E-state index contributed by atoms with van der Waals surface area (Å²) in [5, 5.41) is 5.24. The zero-order valence-corrected chi connectivity index (χ0v) is 12.5. The fraction of sp³-hybridized carbons (Fsp3) is 0.125. The Morgan fingerprint density at radius 2 is 2.14 bits per heavy atom. The van der Waals surface area contributed by atoms with E-state index in [4.69, 9.17) is 4.42 Å². The van der Waals surface area contributed by atoms with Crippen molar-refractivity contribution in [2.45, 2.75) is 13.8 Å². The number of aromatic nitrogens is 1. The Balaban J connectivity index is 1.82. The summed E-state index contributed by atoms with van der Waals surface area (Å²) in [6, 6.07) is 9.53. The molecule has 3 rings (SSSR count). The van der Waals surface area contributed by atoms with E-state index in [2.05, 4.69) is 42.3 Å². The number of amides is 1. The number of carbonyl (C=O) groups excluding carboxylic acids is 1. The largest absolute Gasteiger partial charge is 0.459 e. The Hall–Kier alpha value is -2.40. The van der Waals surface area contributed by atoms with E-state index < -0.39 is 0 Å². The molecule has 1 aromatic carbocycles. The minimum atomic E-state index is -0.290. The molecule has 3 aromatic rings. The van der Waals surface area contributed by atoms with Crippen molar-refractivity contribution in [3.63, 3.8) is 0 Å². The van der Waals surface area contributed by atoms with Crippen LogP contribution in [0, 0.1) is 13.8 Å². The zero-order chi connectivity index (χ0) is 14.8. The van der Waals surface area contributed by atoms with Gasteiger partial charge in [-0.15, -0.1) is 11.3 Å². The zero-order valence-electron chi connectivity index (χ0n) is 11.7. The van der Waals surface area contributed by atoms with Crippen LogP contribution < -0.4 is 5.32 Å². The molecular formula is C16H14N2O2S. The number of hydrogen-bond acceptors (Lipinski definition) is 4. The van der Waals surface area contributed by atoms with Gasteiger partial charge in [-0.1, -0.05) is 23.8 Å². The summed E-state index contributed by atoms with van der Waals surface area (Å²) in [6.07, 6.45) is 1.47. The Bertz CT molecular complexity index is 775. The van der Waals surface area contributed by atoms with E-state index in [1.165, 1.54) is 28.7 Å². The van der Waals surface area contributed by atoms with Gasteiger partial charge in [0.2, 0.25) is 0 Å². The molecule has 0 aliphatic rings. The van der Waals surface area contributed by atoms with Crippen molar-refractivity contribution < 1.29 is 9.21 Å². The number of aryl methyl sites for hydroxylation is 2. The molecule has 2 heterocycles. The first-order valence-electron chi connectivity index (χ1n) is 6.51. The van der Waals surface area contributed by atoms with Crippen LogP contribution in [0.2, 0.25) is 0 Å². The van der Waals surface area contributed by atoms with Crippen LogP contribution in [0.15, 0.2) is 46.4 Å². The quantitative estimate of drug-likeness (QED) is 0.785. The van der Waals surface area contributed by atoms with Crippen molar-refractivity contribution in [1.82, 2.24) is 4.98 Å². The maximum atomic E-state index is 11.9. The first kappa shape index (κ1) is 13.6. The Morgan fingerprint density at radius 3 is 2.86 bits per heavy atom. The van der Waals surface area contributed by atoms with Gasteiger partial charge in [0.05, 0.1) is 12.0 Å². The topological polar surface area (TPSA) is 55.1 Å². The van der Waals surface area contributed by atoms with Crippen LogP contribution in [0.1, 0.15) is 21.7 Å². The number of benzene rings is 1. The smallest absolute Gasteiger partial charge is 0.293 e. The first-order chi connectivity index (χ1) is 10.1. The lowest BCUT2D eigenvalue weighted by molar-refractivity contribution is 0.0996. The third-order valence-electron chi connectivity index (χ3n) is 3.13. The summed E-state index contributed by atoms with van der Waals surface area (Å²) in [4.78, 5) is 16.4. The number of rotatable bonds is 3. The molecule has 0 spiro atoms. The molecule has 5 heteroatoms. The Labute approximate surface area is 126 Å². The molecule has 1 amide bonds. The lowest BCUT2D eigenvalue weighted by Crippen LogP contribution is -2.10. The highest BCUT2D eigenvalue weighted by Gasteiger charge is 2.12. The maximum absolute atomic E-state index is 11.9. The highest BCUT2D eigenvalue weighted by molar-refractivity contribution is 7.14. The molecule has 0 fully saturated rings. The second-order valence-electron chi connectivity index (χ2n) is 4.79. The molecule has 0 aliphatic carbocycles. The van der Waals surface area contributed by atoms with Crippen LogP contribution in [0.25, 0.3) is 11.3 Å². The van der Waals surface area contributed by atoms with E-state index >= 15 is 0 Å². The molecule has 106 valence electrons. The molecule has 0 bridgehead atoms. The van der Waals surface area contributed by atoms with Gasteiger partial charge in [-0.05, 0) is 31.5 Å². The van der Waals surface area contributed by atoms with Crippen molar-refractivity contribution in [2.24, 2.45) is 0 Å². The number of anilines is 1. The Morgan fingerprint density at radius 1 is 1.29 bits per heavy atom. The van der Waals surface area contributed by atoms with Crippen LogP contribution in [-0.4, -0.2) is 10.9 Å². The normalized spacial score (nSPS) is 10.6. The number of carbonyl (C=O) groups is 1. The average molecular weight is 298 g/mol. The fourth-order valence-electron chi connectivity index (χ4n) is 2.12. The second kappa shape index (κ2) is 5.54. The number of furan rings is 1. The highest BCUT2D eigenvalue weighted by Crippen LogP contribution is 2.28. The van der Waals surface area contributed by atoms with E-state index in [-0.39, 0.29) is 11.7 Å². The van der Waals surface area contributed by atoms with Crippen molar-refractivity contribution in [2.75, 3.05) is 5.32 Å². The standard InChI is InChI=1S/C16H14N2O2S/c1-10-5-6-12(11(2)8-10)13-9-21-16(17-13)18-15(19)14-4-3-7-20-14/h3-9H,1-2H3,(H,17,18,19). The predicted octanol–water partition coefficient (Wildman–Crippen LogP) is 4.27. The van der Waals surface area contributed by atoms with Crippen molar-refractivity contribution in [1.29, 1.82) is 0 Å². The van der Waals surface area contributed by atoms with Gasteiger partial charge in [-0.2, -0.15) is 0 Å². The van der Waals surface area contributed by atoms with E-state index in [0.29, 0.717) is 5.13 Å². The van der Waals surface area contributed by atoms with Crippen molar-refractivity contribution >= 4 is 22.4 Å². The molecule has 1 N–H and O–H groups in total. The number of thiazole rings is 1. The van der Waals surface area contributed by atoms with Gasteiger partial charge in [0.15, 0.2) is 10.9 Å². The van der Waals surface area contributed by atoms with Crippen LogP contribution in [0.5, 0.6) is 0 Å². The van der Waals surface area contributed by atoms with Crippen LogP contribution in [0.4, 0.5) is 5.13 Å². The van der Waals surface area contributed by atoms with Crippen LogP contribution >= 0.6 is 11.3 Å². The average Bonchev–Trinajstić information content (AvgIpc) is 3.09. The van der Waals surface area contributed by atoms with E-state index in [1.807, 2.05) is 5.38 Å². The van der Waals surface area contributed by atoms with Gasteiger partial charge >= 0.3 is 0 Å². The van der Waals surface area contributed by atoms with Gasteiger partial charge in [0.1, 0.15) is 0 Å². The molecule has 0 saturated heterocycles. The van der Waals surface area contributed by atoms with Gasteiger partial charge < -0.3 is 4.42 Å². The summed E-state index contributed by atoms with van der Waals surface area (Å²) >= 11 is 1.40. The van der Waals surface area contributed by atoms with E-state index in [0.717, 1.165) is 11.3 Å². The summed E-state index contributed by atoms with van der Waals surface area (Å²) in [7, 11) is 0. The minimum Gasteiger partial charge on any atom is -0.459 e. The number of hydrogen-bond donors (Lipinski definition) is 1. The molecule has 0 atom stereocenters. The Kier molecular flexibility index (Phi) is 3.58. The molecule has 4 nitrogen and oxygen atoms in total. The lowest BCUT2D eigenvalue weighted by Gasteiger charge is -2.03. The van der Waals surface area contributed by atoms with Crippen LogP contribution in [-0.2, 0) is 0 Å². The lowest BCUT2D eigenvalue weighted by atomic mass is 10.0. The SMILES string of the molecule is Cc1ccc(-c2csc(NC(=O)c3ccco3)n2)c(C)c1. The molecule has 0 unspecified atom stereocenters. The summed E-state index contributed by atoms with van der Waals surface area (Å²) in [5.41, 5.74) is 4.34. The number of nitrogens with zero attached hydrogens (tertiary/aromatic N) is 1. The van der Waals surface area contributed by atoms with E-state index in [9.17, 15) is 4.79 Å². The third kappa shape index (κ3) is 2.87. The first-order valence-corrected chi connectivity index (χ1v) is 7.39. The molecule has 0 saturated carbocycles. The van der Waals surface area contributed by atoms with Gasteiger partial charge in [0, 0.05) is 10.9 Å². The monoisotopic (exact) mass is 298 g/mol. The summed E-state index contributed by atoms with van der Waals surface area (Å²) in [5.74, 6) is -0.0141. The van der Waals surface area contributed by atoms with Gasteiger partial charge in [0.25, 0.3) is 5.91 Å². The molecule has 2 aromatic heterocycles. The second-order valence-corrected chi connectivity index (χ2v) is 5.65. The molecule has 0 radical (unpaired) electrons. The van der Waals surface area contributed by atoms with Gasteiger partial charge in [-0.25, -0.2) is 4.98 Å². The minimum absolute atomic E-state index is 0.276. The molecule has 0 aliphatic heterocycles. The highest BCUT2D eigenvalue weighted by atomic mass is 32.1. The maximum Gasteiger partial charge on any atom is 0.293 e. The number of nitrogens with one attached hydrogen (secondary N) is 1. The summed E-state index contributed by atoms with van der Waals surface area (Å²) < 4.78 is 5.06. The molecular weight excluding hydrogens is 284 g/mol. The third-order valence-corrected chi connectivity index (χ3v) is 3.89. The van der Waals surface area contributed by atoms with Crippen molar-refractivity contribution in [3.05, 3.63) is 58.9 Å².